The topological polar surface area (TPSA) is 122 Å². The Bertz CT molecular complexity index is 1550. The zero-order valence-corrected chi connectivity index (χ0v) is 57.5. The van der Waals surface area contributed by atoms with Crippen LogP contribution in [0.2, 0.25) is 58.9 Å². The van der Waals surface area contributed by atoms with Gasteiger partial charge in [-0.2, -0.15) is 11.1 Å². The number of rotatable bonds is 32. The largest absolute Gasteiger partial charge is 0.492 e. The second-order valence-corrected chi connectivity index (χ2v) is 40.0. The quantitative estimate of drug-likeness (QED) is 0.0540. The number of halogens is 1. The maximum absolute atomic E-state index is 9.29. The van der Waals surface area contributed by atoms with Gasteiger partial charge in [0.2, 0.25) is 0 Å². The third-order valence-electron chi connectivity index (χ3n) is 9.31. The molecule has 0 radical (unpaired) electrons. The van der Waals surface area contributed by atoms with E-state index in [2.05, 4.69) is 145 Å². The van der Waals surface area contributed by atoms with Crippen LogP contribution in [0.25, 0.3) is 0 Å². The minimum absolute atomic E-state index is 0.0189. The zero-order chi connectivity index (χ0) is 59.5. The van der Waals surface area contributed by atoms with Gasteiger partial charge in [0.1, 0.15) is 56.8 Å². The van der Waals surface area contributed by atoms with Crippen LogP contribution >= 0.6 is 11.1 Å². The lowest BCUT2D eigenvalue weighted by molar-refractivity contribution is 0.209. The Hall–Kier alpha value is -1.90. The molecule has 0 atom stereocenters. The van der Waals surface area contributed by atoms with Crippen molar-refractivity contribution in [2.45, 2.75) is 92.4 Å². The van der Waals surface area contributed by atoms with Gasteiger partial charge in [0.15, 0.2) is 16.6 Å². The Morgan fingerprint density at radius 2 is 0.658 bits per heavy atom. The minimum Gasteiger partial charge on any atom is -0.492 e. The lowest BCUT2D eigenvalue weighted by Gasteiger charge is -2.22. The lowest BCUT2D eigenvalue weighted by Crippen LogP contribution is -2.34. The van der Waals surface area contributed by atoms with Crippen LogP contribution < -0.4 is 18.9 Å². The normalized spacial score (nSPS) is 11.6. The highest BCUT2D eigenvalue weighted by atomic mass is 35.6. The first-order valence-electron chi connectivity index (χ1n) is 27.3. The molecule has 0 saturated heterocycles. The number of nitrogens with zero attached hydrogens (tertiary/aromatic N) is 8. The van der Waals surface area contributed by atoms with Crippen LogP contribution in [0.1, 0.15) is 31.4 Å². The molecule has 0 amide bonds. The summed E-state index contributed by atoms with van der Waals surface area (Å²) in [5.74, 6) is 3.15. The van der Waals surface area contributed by atoms with Crippen molar-refractivity contribution in [3.05, 3.63) is 47.5 Å². The van der Waals surface area contributed by atoms with Crippen molar-refractivity contribution in [1.29, 1.82) is 0 Å². The van der Waals surface area contributed by atoms with E-state index >= 15 is 0 Å². The van der Waals surface area contributed by atoms with E-state index < -0.39 is 24.0 Å². The Morgan fingerprint density at radius 3 is 0.908 bits per heavy atom. The highest BCUT2D eigenvalue weighted by Gasteiger charge is 2.16. The fourth-order valence-corrected chi connectivity index (χ4v) is 6.40. The van der Waals surface area contributed by atoms with Crippen LogP contribution in [-0.2, 0) is 22.1 Å². The van der Waals surface area contributed by atoms with Crippen LogP contribution in [0.5, 0.6) is 23.0 Å². The second kappa shape index (κ2) is 47.9. The SMILES string of the molecule is CCC.CN(C)CCN(C)CCO.CN(C)CCN(C)CCO[Si](C)(C)C.CN(C)CCOc1cc(CO)cc(OCCN(C)C)c1.CN(C)CCOc1cc(CO[Si](C)(C)C)cc(OCCN(C)C)c1.C[Si](C)(C)Cl. The summed E-state index contributed by atoms with van der Waals surface area (Å²) in [6, 6.07) is 11.6. The summed E-state index contributed by atoms with van der Waals surface area (Å²) in [7, 11) is 24.6. The molecule has 0 heterocycles. The van der Waals surface area contributed by atoms with Crippen molar-refractivity contribution in [3.63, 3.8) is 0 Å². The average molecular weight is 1150 g/mol. The van der Waals surface area contributed by atoms with Crippen molar-refractivity contribution in [1.82, 2.24) is 39.2 Å². The molecule has 2 N–H and O–H groups in total. The van der Waals surface area contributed by atoms with Gasteiger partial charge in [0.05, 0.1) is 19.8 Å². The first-order valence-corrected chi connectivity index (χ1v) is 38.6. The summed E-state index contributed by atoms with van der Waals surface area (Å²) in [6.45, 7) is 37.6. The molecule has 2 aromatic carbocycles. The summed E-state index contributed by atoms with van der Waals surface area (Å²) in [6.07, 6.45) is 1.25. The fraction of sp³-hybridized carbons (Fsp3) is 0.786. The Labute approximate surface area is 476 Å². The van der Waals surface area contributed by atoms with Gasteiger partial charge >= 0.3 is 0 Å². The van der Waals surface area contributed by atoms with Crippen molar-refractivity contribution in [2.24, 2.45) is 0 Å². The van der Waals surface area contributed by atoms with E-state index in [1.165, 1.54) is 6.42 Å². The highest BCUT2D eigenvalue weighted by molar-refractivity contribution is 7.18. The van der Waals surface area contributed by atoms with Crippen molar-refractivity contribution < 1.29 is 38.0 Å². The van der Waals surface area contributed by atoms with Gasteiger partial charge < -0.3 is 77.2 Å². The number of hydrogen-bond donors (Lipinski definition) is 2. The monoisotopic (exact) mass is 1150 g/mol. The van der Waals surface area contributed by atoms with Crippen LogP contribution in [0.4, 0.5) is 0 Å². The smallest absolute Gasteiger partial charge is 0.184 e. The van der Waals surface area contributed by atoms with Crippen molar-refractivity contribution in [3.8, 4) is 23.0 Å². The third kappa shape index (κ3) is 66.4. The van der Waals surface area contributed by atoms with E-state index in [9.17, 15) is 5.11 Å². The van der Waals surface area contributed by atoms with E-state index in [0.29, 0.717) is 33.0 Å². The molecule has 20 heteroatoms. The molecule has 0 unspecified atom stereocenters. The molecule has 0 saturated carbocycles. The van der Waals surface area contributed by atoms with Gasteiger partial charge in [-0.25, -0.2) is 0 Å². The molecule has 76 heavy (non-hydrogen) atoms. The summed E-state index contributed by atoms with van der Waals surface area (Å²) >= 11 is 5.67. The highest BCUT2D eigenvalue weighted by Crippen LogP contribution is 2.25. The standard InChI is InChI=1S/C18H34N2O3Si.C15H26N2O3.C10H26N2OSi.C7H18N2O.C3H9ClSi.C3H8/c1-19(2)8-10-21-17-12-16(15-23-24(5,6)7)13-18(14-17)22-11-9-20(3)4;1-16(2)5-7-19-14-9-13(12-18)10-15(11-14)20-8-6-17(3)4;1-11(2)7-8-12(3)9-10-13-14(4,5)6;1-8(2)4-5-9(3)6-7-10;1-5(2,3)4;1-3-2/h12-14H,8-11,15H2,1-7H3;9-11,18H,5-8,12H2,1-4H3;7-10H2,1-6H3;10H,4-7H2,1-3H3;1-3H3;3H2,1-2H3. The molecular weight excluding hydrogens is 1030 g/mol. The maximum Gasteiger partial charge on any atom is 0.184 e. The van der Waals surface area contributed by atoms with Gasteiger partial charge in [-0.1, -0.05) is 39.9 Å². The summed E-state index contributed by atoms with van der Waals surface area (Å²) in [4.78, 5) is 17.1. The van der Waals surface area contributed by atoms with E-state index in [1.54, 1.807) is 0 Å². The number of aliphatic hydroxyl groups excluding tert-OH is 2. The minimum atomic E-state index is -1.55. The van der Waals surface area contributed by atoms with Crippen LogP contribution in [0.3, 0.4) is 0 Å². The summed E-state index contributed by atoms with van der Waals surface area (Å²) in [5, 5.41) is 17.8. The number of likely N-dealkylation sites (N-methyl/N-ethyl adjacent to an activating group) is 8. The Balaban J connectivity index is -0.000000449. The maximum atomic E-state index is 9.29. The lowest BCUT2D eigenvalue weighted by atomic mass is 10.2. The molecule has 16 nitrogen and oxygen atoms in total. The van der Waals surface area contributed by atoms with Gasteiger partial charge in [0, 0.05) is 84.2 Å². The molecule has 2 aromatic rings. The summed E-state index contributed by atoms with van der Waals surface area (Å²) in [5.41, 5.74) is 1.90. The molecule has 0 fully saturated rings. The average Bonchev–Trinajstić information content (AvgIpc) is 3.26. The predicted octanol–water partition coefficient (Wildman–Crippen LogP) is 8.26. The molecule has 0 aliphatic rings. The third-order valence-corrected chi connectivity index (χ3v) is 11.4. The predicted molar refractivity (Wildman–Crippen MR) is 337 cm³/mol. The molecule has 0 aliphatic carbocycles. The van der Waals surface area contributed by atoms with E-state index in [0.717, 1.165) is 106 Å². The Kier molecular flexibility index (Phi) is 50.8. The van der Waals surface area contributed by atoms with Gasteiger partial charge in [-0.15, -0.1) is 0 Å². The van der Waals surface area contributed by atoms with Gasteiger partial charge in [-0.05, 0) is 173 Å². The van der Waals surface area contributed by atoms with E-state index in [1.807, 2.05) is 102 Å². The molecular formula is C56H121ClN8O8Si3. The number of hydrogen-bond acceptors (Lipinski definition) is 16. The van der Waals surface area contributed by atoms with Crippen LogP contribution in [0, 0.1) is 0 Å². The molecule has 452 valence electrons. The molecule has 0 aliphatic heterocycles. The first-order chi connectivity index (χ1) is 35.0. The Morgan fingerprint density at radius 1 is 0.382 bits per heavy atom. The molecule has 0 spiro atoms. The van der Waals surface area contributed by atoms with Crippen molar-refractivity contribution >= 4 is 35.1 Å². The zero-order valence-electron chi connectivity index (χ0n) is 53.7. The van der Waals surface area contributed by atoms with Crippen molar-refractivity contribution in [2.75, 3.05) is 204 Å². The van der Waals surface area contributed by atoms with E-state index in [4.69, 9.17) is 44.0 Å². The molecule has 0 aromatic heterocycles. The van der Waals surface area contributed by atoms with E-state index in [-0.39, 0.29) is 13.2 Å². The first kappa shape index (κ1) is 80.6. The fourth-order valence-electron chi connectivity index (χ4n) is 5.10. The van der Waals surface area contributed by atoms with Gasteiger partial charge in [-0.3, -0.25) is 0 Å². The molecule has 2 rings (SSSR count). The van der Waals surface area contributed by atoms with Crippen LogP contribution in [0.15, 0.2) is 36.4 Å². The summed E-state index contributed by atoms with van der Waals surface area (Å²) < 4.78 is 34.9. The number of benzene rings is 2. The van der Waals surface area contributed by atoms with Crippen LogP contribution in [-0.4, -0.2) is 277 Å². The van der Waals surface area contributed by atoms with Gasteiger partial charge in [0.25, 0.3) is 0 Å². The number of ether oxygens (including phenoxy) is 4. The molecule has 0 bridgehead atoms. The second-order valence-electron chi connectivity index (χ2n) is 23.5. The number of aliphatic hydroxyl groups is 2.